The first-order valence-electron chi connectivity index (χ1n) is 7.38. The summed E-state index contributed by atoms with van der Waals surface area (Å²) in [7, 11) is 1.43. The molecule has 2 rings (SSSR count). The lowest BCUT2D eigenvalue weighted by atomic mass is 10.2. The number of thioether (sulfide) groups is 1. The summed E-state index contributed by atoms with van der Waals surface area (Å²) < 4.78 is 10.1. The van der Waals surface area contributed by atoms with Gasteiger partial charge in [-0.1, -0.05) is 12.1 Å². The van der Waals surface area contributed by atoms with Crippen LogP contribution in [-0.2, 0) is 9.53 Å². The quantitative estimate of drug-likeness (QED) is 0.342. The van der Waals surface area contributed by atoms with Gasteiger partial charge in [-0.25, -0.2) is 4.79 Å². The van der Waals surface area contributed by atoms with E-state index < -0.39 is 23.4 Å². The van der Waals surface area contributed by atoms with Crippen molar-refractivity contribution in [2.45, 2.75) is 4.90 Å². The van der Waals surface area contributed by atoms with Gasteiger partial charge in [-0.3, -0.25) is 14.9 Å². The molecule has 1 amide bonds. The topological polar surface area (TPSA) is 108 Å². The van der Waals surface area contributed by atoms with E-state index in [1.54, 1.807) is 24.3 Å². The van der Waals surface area contributed by atoms with E-state index in [1.165, 1.54) is 37.1 Å². The van der Waals surface area contributed by atoms with Crippen molar-refractivity contribution in [3.63, 3.8) is 0 Å². The van der Waals surface area contributed by atoms with Gasteiger partial charge in [0.15, 0.2) is 6.61 Å². The fourth-order valence-corrected chi connectivity index (χ4v) is 2.53. The zero-order valence-corrected chi connectivity index (χ0v) is 14.9. The number of ether oxygens (including phenoxy) is 2. The van der Waals surface area contributed by atoms with Crippen molar-refractivity contribution in [1.82, 2.24) is 0 Å². The predicted molar refractivity (Wildman–Crippen MR) is 96.8 cm³/mol. The molecule has 0 atom stereocenters. The Labute approximate surface area is 153 Å². The number of amides is 1. The summed E-state index contributed by atoms with van der Waals surface area (Å²) in [5.74, 6) is -1.08. The Bertz CT molecular complexity index is 840. The van der Waals surface area contributed by atoms with Crippen LogP contribution in [0.15, 0.2) is 47.4 Å². The molecule has 26 heavy (non-hydrogen) atoms. The molecule has 9 heteroatoms. The first-order chi connectivity index (χ1) is 12.5. The monoisotopic (exact) mass is 376 g/mol. The van der Waals surface area contributed by atoms with E-state index in [0.717, 1.165) is 4.90 Å². The van der Waals surface area contributed by atoms with Gasteiger partial charge in [0.1, 0.15) is 17.0 Å². The summed E-state index contributed by atoms with van der Waals surface area (Å²) in [6, 6.07) is 10.7. The average molecular weight is 376 g/mol. The molecular formula is C17H16N2O6S. The second-order valence-electron chi connectivity index (χ2n) is 4.96. The third-order valence-electron chi connectivity index (χ3n) is 3.34. The molecule has 0 aliphatic heterocycles. The van der Waals surface area contributed by atoms with Gasteiger partial charge in [0, 0.05) is 11.0 Å². The van der Waals surface area contributed by atoms with E-state index in [1.807, 2.05) is 6.26 Å². The number of carbonyl (C=O) groups is 2. The van der Waals surface area contributed by atoms with Crippen LogP contribution in [0.25, 0.3) is 0 Å². The number of para-hydroxylation sites is 2. The van der Waals surface area contributed by atoms with Crippen molar-refractivity contribution in [2.24, 2.45) is 0 Å². The van der Waals surface area contributed by atoms with Gasteiger partial charge in [-0.2, -0.15) is 0 Å². The third-order valence-corrected chi connectivity index (χ3v) is 4.06. The number of nitrogens with zero attached hydrogens (tertiary/aromatic N) is 1. The molecule has 2 aromatic carbocycles. The number of nitro groups is 1. The Hall–Kier alpha value is -3.07. The first-order valence-corrected chi connectivity index (χ1v) is 8.61. The summed E-state index contributed by atoms with van der Waals surface area (Å²) in [5, 5.41) is 13.3. The van der Waals surface area contributed by atoms with Gasteiger partial charge in [-0.05, 0) is 30.5 Å². The number of hydrogen-bond donors (Lipinski definition) is 1. The summed E-state index contributed by atoms with van der Waals surface area (Å²) >= 11 is 1.49. The molecule has 0 unspecified atom stereocenters. The molecule has 1 N–H and O–H groups in total. The van der Waals surface area contributed by atoms with Crippen LogP contribution in [0.3, 0.4) is 0 Å². The van der Waals surface area contributed by atoms with E-state index in [2.05, 4.69) is 5.32 Å². The fraction of sp³-hybridized carbons (Fsp3) is 0.176. The standard InChI is InChI=1S/C17H16N2O6S/c1-24-15-9-11(26-2)7-8-12(15)17(21)25-10-16(20)18-13-5-3-4-6-14(13)19(22)23/h3-9H,10H2,1-2H3,(H,18,20). The van der Waals surface area contributed by atoms with Crippen LogP contribution in [0.5, 0.6) is 5.75 Å². The molecule has 0 saturated carbocycles. The number of carbonyl (C=O) groups excluding carboxylic acids is 2. The molecule has 0 spiro atoms. The summed E-state index contributed by atoms with van der Waals surface area (Å²) in [6.07, 6.45) is 1.89. The number of benzene rings is 2. The Morgan fingerprint density at radius 1 is 1.23 bits per heavy atom. The second kappa shape index (κ2) is 8.86. The summed E-state index contributed by atoms with van der Waals surface area (Å²) in [6.45, 7) is -0.585. The van der Waals surface area contributed by atoms with Gasteiger partial charge in [0.25, 0.3) is 11.6 Å². The molecule has 8 nitrogen and oxygen atoms in total. The molecule has 0 fully saturated rings. The third kappa shape index (κ3) is 4.73. The lowest BCUT2D eigenvalue weighted by Crippen LogP contribution is -2.21. The van der Waals surface area contributed by atoms with Crippen LogP contribution in [0.1, 0.15) is 10.4 Å². The minimum Gasteiger partial charge on any atom is -0.496 e. The maximum atomic E-state index is 12.2. The zero-order chi connectivity index (χ0) is 19.1. The largest absolute Gasteiger partial charge is 0.496 e. The van der Waals surface area contributed by atoms with Gasteiger partial charge < -0.3 is 14.8 Å². The van der Waals surface area contributed by atoms with Crippen LogP contribution in [0.2, 0.25) is 0 Å². The van der Waals surface area contributed by atoms with Gasteiger partial charge in [-0.15, -0.1) is 11.8 Å². The number of nitrogens with one attached hydrogen (secondary N) is 1. The van der Waals surface area contributed by atoms with Gasteiger partial charge in [0.05, 0.1) is 12.0 Å². The van der Waals surface area contributed by atoms with E-state index >= 15 is 0 Å². The Kier molecular flexibility index (Phi) is 6.56. The molecule has 0 saturated heterocycles. The number of hydrogen-bond acceptors (Lipinski definition) is 7. The molecule has 0 heterocycles. The van der Waals surface area contributed by atoms with Crippen molar-refractivity contribution in [3.8, 4) is 5.75 Å². The van der Waals surface area contributed by atoms with Crippen molar-refractivity contribution in [2.75, 3.05) is 25.3 Å². The Balaban J connectivity index is 2.02. The summed E-state index contributed by atoms with van der Waals surface area (Å²) in [5.41, 5.74) is -0.0363. The highest BCUT2D eigenvalue weighted by Gasteiger charge is 2.18. The lowest BCUT2D eigenvalue weighted by molar-refractivity contribution is -0.383. The second-order valence-corrected chi connectivity index (χ2v) is 5.84. The number of esters is 1. The normalized spacial score (nSPS) is 10.1. The van der Waals surface area contributed by atoms with Crippen molar-refractivity contribution in [1.29, 1.82) is 0 Å². The van der Waals surface area contributed by atoms with E-state index in [4.69, 9.17) is 9.47 Å². The SMILES string of the molecule is COc1cc(SC)ccc1C(=O)OCC(=O)Nc1ccccc1[N+](=O)[O-]. The average Bonchev–Trinajstić information content (AvgIpc) is 2.65. The van der Waals surface area contributed by atoms with Gasteiger partial charge in [0.2, 0.25) is 0 Å². The predicted octanol–water partition coefficient (Wildman–Crippen LogP) is 3.12. The molecule has 0 aromatic heterocycles. The minimum atomic E-state index is -0.729. The minimum absolute atomic E-state index is 0.0282. The van der Waals surface area contributed by atoms with Crippen molar-refractivity contribution in [3.05, 3.63) is 58.1 Å². The van der Waals surface area contributed by atoms with E-state index in [9.17, 15) is 19.7 Å². The molecule has 136 valence electrons. The van der Waals surface area contributed by atoms with Crippen LogP contribution < -0.4 is 10.1 Å². The smallest absolute Gasteiger partial charge is 0.342 e. The fourth-order valence-electron chi connectivity index (χ4n) is 2.10. The number of nitro benzene ring substituents is 1. The van der Waals surface area contributed by atoms with E-state index in [0.29, 0.717) is 5.75 Å². The molecule has 2 aromatic rings. The number of rotatable bonds is 7. The van der Waals surface area contributed by atoms with Crippen LogP contribution in [0.4, 0.5) is 11.4 Å². The lowest BCUT2D eigenvalue weighted by Gasteiger charge is -2.10. The Morgan fingerprint density at radius 3 is 2.62 bits per heavy atom. The highest BCUT2D eigenvalue weighted by Crippen LogP contribution is 2.26. The number of methoxy groups -OCH3 is 1. The molecular weight excluding hydrogens is 360 g/mol. The molecule has 0 bridgehead atoms. The van der Waals surface area contributed by atoms with Gasteiger partial charge >= 0.3 is 5.97 Å². The molecule has 0 radical (unpaired) electrons. The highest BCUT2D eigenvalue weighted by molar-refractivity contribution is 7.98. The first kappa shape index (κ1) is 19.3. The van der Waals surface area contributed by atoms with E-state index in [-0.39, 0.29) is 16.9 Å². The van der Waals surface area contributed by atoms with Crippen LogP contribution >= 0.6 is 11.8 Å². The van der Waals surface area contributed by atoms with Crippen LogP contribution in [0, 0.1) is 10.1 Å². The zero-order valence-electron chi connectivity index (χ0n) is 14.1. The Morgan fingerprint density at radius 2 is 1.96 bits per heavy atom. The maximum absolute atomic E-state index is 12.2. The highest BCUT2D eigenvalue weighted by atomic mass is 32.2. The summed E-state index contributed by atoms with van der Waals surface area (Å²) in [4.78, 5) is 35.3. The molecule has 0 aliphatic rings. The van der Waals surface area contributed by atoms with Crippen molar-refractivity contribution >= 4 is 35.0 Å². The maximum Gasteiger partial charge on any atom is 0.342 e. The van der Waals surface area contributed by atoms with Crippen molar-refractivity contribution < 1.29 is 24.0 Å². The van der Waals surface area contributed by atoms with Crippen LogP contribution in [-0.4, -0.2) is 36.8 Å². The molecule has 0 aliphatic carbocycles. The number of anilines is 1.